The zero-order valence-corrected chi connectivity index (χ0v) is 11.2. The van der Waals surface area contributed by atoms with Crippen LogP contribution in [0, 0.1) is 0 Å². The molecule has 0 aliphatic carbocycles. The zero-order chi connectivity index (χ0) is 12.3. The van der Waals surface area contributed by atoms with Crippen molar-refractivity contribution < 1.29 is 4.79 Å². The number of rotatable bonds is 3. The van der Waals surface area contributed by atoms with Crippen molar-refractivity contribution in [3.8, 4) is 0 Å². The van der Waals surface area contributed by atoms with Crippen molar-refractivity contribution in [2.75, 3.05) is 27.2 Å². The molecule has 0 saturated carbocycles. The Labute approximate surface area is 99.0 Å². The van der Waals surface area contributed by atoms with E-state index in [0.717, 1.165) is 19.5 Å². The van der Waals surface area contributed by atoms with Gasteiger partial charge in [-0.05, 0) is 41.3 Å². The van der Waals surface area contributed by atoms with Gasteiger partial charge in [-0.2, -0.15) is 0 Å². The lowest BCUT2D eigenvalue weighted by atomic mass is 10.2. The first kappa shape index (κ1) is 13.5. The third kappa shape index (κ3) is 2.74. The van der Waals surface area contributed by atoms with Crippen LogP contribution in [0.25, 0.3) is 0 Å². The predicted octanol–water partition coefficient (Wildman–Crippen LogP) is 0.535. The van der Waals surface area contributed by atoms with E-state index >= 15 is 0 Å². The van der Waals surface area contributed by atoms with Crippen LogP contribution in [0.1, 0.15) is 27.2 Å². The van der Waals surface area contributed by atoms with Gasteiger partial charge in [0.05, 0.1) is 0 Å². The average Bonchev–Trinajstić information content (AvgIpc) is 2.32. The highest BCUT2D eigenvalue weighted by atomic mass is 16.2. The number of carbonyl (C=O) groups is 1. The van der Waals surface area contributed by atoms with Crippen molar-refractivity contribution in [1.82, 2.24) is 15.1 Å². The van der Waals surface area contributed by atoms with E-state index in [1.165, 1.54) is 0 Å². The molecule has 1 heterocycles. The first-order valence-corrected chi connectivity index (χ1v) is 6.16. The standard InChI is InChI=1S/C12H25N3O/c1-9(2)15-7-6-10(3)14(5)11(8-13-4)12(15)16/h9-11,13H,6-8H2,1-5H3. The molecule has 0 aromatic carbocycles. The number of likely N-dealkylation sites (N-methyl/N-ethyl adjacent to an activating group) is 2. The number of amides is 1. The third-order valence-corrected chi connectivity index (χ3v) is 3.56. The van der Waals surface area contributed by atoms with Crippen LogP contribution in [0.5, 0.6) is 0 Å². The second kappa shape index (κ2) is 5.64. The maximum atomic E-state index is 12.4. The fourth-order valence-corrected chi connectivity index (χ4v) is 2.25. The van der Waals surface area contributed by atoms with E-state index in [9.17, 15) is 4.79 Å². The molecule has 1 aliphatic heterocycles. The van der Waals surface area contributed by atoms with Crippen molar-refractivity contribution in [2.45, 2.75) is 45.3 Å². The summed E-state index contributed by atoms with van der Waals surface area (Å²) in [5, 5.41) is 3.12. The molecule has 2 unspecified atom stereocenters. The van der Waals surface area contributed by atoms with Crippen LogP contribution in [0.2, 0.25) is 0 Å². The molecule has 1 N–H and O–H groups in total. The van der Waals surface area contributed by atoms with Gasteiger partial charge in [0.25, 0.3) is 0 Å². The topological polar surface area (TPSA) is 35.6 Å². The Morgan fingerprint density at radius 3 is 2.62 bits per heavy atom. The Morgan fingerprint density at radius 1 is 1.50 bits per heavy atom. The van der Waals surface area contributed by atoms with Crippen molar-refractivity contribution >= 4 is 5.91 Å². The van der Waals surface area contributed by atoms with Gasteiger partial charge in [-0.1, -0.05) is 0 Å². The summed E-state index contributed by atoms with van der Waals surface area (Å²) < 4.78 is 0. The molecule has 16 heavy (non-hydrogen) atoms. The second-order valence-corrected chi connectivity index (χ2v) is 5.00. The zero-order valence-electron chi connectivity index (χ0n) is 11.2. The van der Waals surface area contributed by atoms with Crippen LogP contribution < -0.4 is 5.32 Å². The van der Waals surface area contributed by atoms with Gasteiger partial charge in [-0.25, -0.2) is 0 Å². The van der Waals surface area contributed by atoms with Crippen molar-refractivity contribution in [3.05, 3.63) is 0 Å². The van der Waals surface area contributed by atoms with E-state index in [2.05, 4.69) is 38.0 Å². The van der Waals surface area contributed by atoms with Gasteiger partial charge in [-0.15, -0.1) is 0 Å². The Balaban J connectivity index is 2.86. The number of hydrogen-bond acceptors (Lipinski definition) is 3. The number of nitrogens with one attached hydrogen (secondary N) is 1. The highest BCUT2D eigenvalue weighted by Crippen LogP contribution is 2.17. The van der Waals surface area contributed by atoms with Gasteiger partial charge >= 0.3 is 0 Å². The molecule has 1 rings (SSSR count). The van der Waals surface area contributed by atoms with Gasteiger partial charge in [0.15, 0.2) is 0 Å². The van der Waals surface area contributed by atoms with E-state index in [1.54, 1.807) is 0 Å². The molecule has 1 aliphatic rings. The maximum absolute atomic E-state index is 12.4. The number of carbonyl (C=O) groups excluding carboxylic acids is 1. The molecule has 1 saturated heterocycles. The summed E-state index contributed by atoms with van der Waals surface area (Å²) in [4.78, 5) is 16.6. The lowest BCUT2D eigenvalue weighted by Gasteiger charge is -2.31. The highest BCUT2D eigenvalue weighted by molar-refractivity contribution is 5.82. The molecule has 1 fully saturated rings. The molecule has 0 aromatic rings. The fraction of sp³-hybridized carbons (Fsp3) is 0.917. The van der Waals surface area contributed by atoms with Crippen molar-refractivity contribution in [1.29, 1.82) is 0 Å². The molecule has 0 spiro atoms. The summed E-state index contributed by atoms with van der Waals surface area (Å²) in [6.07, 6.45) is 1.06. The summed E-state index contributed by atoms with van der Waals surface area (Å²) in [5.41, 5.74) is 0. The van der Waals surface area contributed by atoms with E-state index in [4.69, 9.17) is 0 Å². The third-order valence-electron chi connectivity index (χ3n) is 3.56. The van der Waals surface area contributed by atoms with Gasteiger partial charge < -0.3 is 10.2 Å². The molecule has 4 nitrogen and oxygen atoms in total. The maximum Gasteiger partial charge on any atom is 0.241 e. The summed E-state index contributed by atoms with van der Waals surface area (Å²) in [6.45, 7) is 7.97. The molecule has 2 atom stereocenters. The predicted molar refractivity (Wildman–Crippen MR) is 66.4 cm³/mol. The van der Waals surface area contributed by atoms with Gasteiger partial charge in [0.2, 0.25) is 5.91 Å². The van der Waals surface area contributed by atoms with Crippen LogP contribution in [-0.4, -0.2) is 61.0 Å². The van der Waals surface area contributed by atoms with Gasteiger partial charge in [0.1, 0.15) is 6.04 Å². The lowest BCUT2D eigenvalue weighted by molar-refractivity contribution is -0.136. The minimum absolute atomic E-state index is 0.0232. The summed E-state index contributed by atoms with van der Waals surface area (Å²) >= 11 is 0. The van der Waals surface area contributed by atoms with Crippen molar-refractivity contribution in [2.24, 2.45) is 0 Å². The molecule has 0 bridgehead atoms. The van der Waals surface area contributed by atoms with Crippen LogP contribution in [0.15, 0.2) is 0 Å². The van der Waals surface area contributed by atoms with Crippen LogP contribution in [-0.2, 0) is 4.79 Å². The number of hydrogen-bond donors (Lipinski definition) is 1. The fourth-order valence-electron chi connectivity index (χ4n) is 2.25. The molecule has 1 amide bonds. The summed E-state index contributed by atoms with van der Waals surface area (Å²) in [5.74, 6) is 0.260. The van der Waals surface area contributed by atoms with Crippen LogP contribution in [0.4, 0.5) is 0 Å². The molecule has 0 radical (unpaired) electrons. The van der Waals surface area contributed by atoms with Gasteiger partial charge in [-0.3, -0.25) is 9.69 Å². The number of nitrogens with zero attached hydrogens (tertiary/aromatic N) is 2. The molecule has 0 aromatic heterocycles. The van der Waals surface area contributed by atoms with E-state index in [0.29, 0.717) is 12.1 Å². The normalized spacial score (nSPS) is 28.6. The average molecular weight is 227 g/mol. The van der Waals surface area contributed by atoms with Crippen LogP contribution in [0.3, 0.4) is 0 Å². The second-order valence-electron chi connectivity index (χ2n) is 5.00. The first-order chi connectivity index (χ1) is 7.49. The van der Waals surface area contributed by atoms with Crippen molar-refractivity contribution in [3.63, 3.8) is 0 Å². The molecule has 94 valence electrons. The lowest BCUT2D eigenvalue weighted by Crippen LogP contribution is -2.52. The summed E-state index contributed by atoms with van der Waals surface area (Å²) in [7, 11) is 3.95. The SMILES string of the molecule is CNCC1C(=O)N(C(C)C)CCC(C)N1C. The minimum atomic E-state index is -0.0232. The highest BCUT2D eigenvalue weighted by Gasteiger charge is 2.34. The molecular formula is C12H25N3O. The van der Waals surface area contributed by atoms with E-state index < -0.39 is 0 Å². The van der Waals surface area contributed by atoms with Crippen LogP contribution >= 0.6 is 0 Å². The van der Waals surface area contributed by atoms with Gasteiger partial charge in [0, 0.05) is 25.2 Å². The smallest absolute Gasteiger partial charge is 0.241 e. The first-order valence-electron chi connectivity index (χ1n) is 6.16. The Hall–Kier alpha value is -0.610. The van der Waals surface area contributed by atoms with E-state index in [1.807, 2.05) is 11.9 Å². The monoisotopic (exact) mass is 227 g/mol. The molecule has 4 heteroatoms. The minimum Gasteiger partial charge on any atom is -0.339 e. The van der Waals surface area contributed by atoms with E-state index in [-0.39, 0.29) is 11.9 Å². The Morgan fingerprint density at radius 2 is 2.12 bits per heavy atom. The molecular weight excluding hydrogens is 202 g/mol. The quantitative estimate of drug-likeness (QED) is 0.764. The Bertz CT molecular complexity index is 242. The largest absolute Gasteiger partial charge is 0.339 e. The summed E-state index contributed by atoms with van der Waals surface area (Å²) in [6, 6.07) is 0.738. The Kier molecular flexibility index (Phi) is 4.74.